The van der Waals surface area contributed by atoms with Gasteiger partial charge in [0.1, 0.15) is 11.5 Å². The summed E-state index contributed by atoms with van der Waals surface area (Å²) in [6.45, 7) is 3.12. The maximum atomic E-state index is 11.9. The topological polar surface area (TPSA) is 69.7 Å². The quantitative estimate of drug-likeness (QED) is 0.765. The van der Waals surface area contributed by atoms with E-state index < -0.39 is 0 Å². The van der Waals surface area contributed by atoms with Crippen molar-refractivity contribution in [1.82, 2.24) is 10.3 Å². The standard InChI is InChI=1S/C18H22N2O4/c1-3-23-18-14(5-4-11-19-18)13-20-17(21)10-12-24-16-8-6-15(22-2)7-9-16/h4-9,11H,3,10,12-13H2,1-2H3,(H,20,21). The maximum absolute atomic E-state index is 11.9. The average Bonchev–Trinajstić information content (AvgIpc) is 2.62. The van der Waals surface area contributed by atoms with Crippen molar-refractivity contribution >= 4 is 5.91 Å². The Balaban J connectivity index is 1.73. The lowest BCUT2D eigenvalue weighted by atomic mass is 10.2. The number of hydrogen-bond acceptors (Lipinski definition) is 5. The number of pyridine rings is 1. The van der Waals surface area contributed by atoms with E-state index in [1.54, 1.807) is 25.4 Å². The normalized spacial score (nSPS) is 10.1. The highest BCUT2D eigenvalue weighted by molar-refractivity contribution is 5.76. The Kier molecular flexibility index (Phi) is 6.89. The second kappa shape index (κ2) is 9.39. The van der Waals surface area contributed by atoms with Crippen LogP contribution in [0.5, 0.6) is 17.4 Å². The van der Waals surface area contributed by atoms with E-state index >= 15 is 0 Å². The molecule has 1 aromatic carbocycles. The van der Waals surface area contributed by atoms with E-state index in [2.05, 4.69) is 10.3 Å². The minimum Gasteiger partial charge on any atom is -0.497 e. The summed E-state index contributed by atoms with van der Waals surface area (Å²) in [6.07, 6.45) is 1.94. The van der Waals surface area contributed by atoms with Gasteiger partial charge in [0, 0.05) is 18.3 Å². The summed E-state index contributed by atoms with van der Waals surface area (Å²) in [5.74, 6) is 1.93. The number of amides is 1. The Morgan fingerprint density at radius 2 is 1.88 bits per heavy atom. The Hall–Kier alpha value is -2.76. The predicted molar refractivity (Wildman–Crippen MR) is 90.4 cm³/mol. The Bertz CT molecular complexity index is 644. The first kappa shape index (κ1) is 17.6. The van der Waals surface area contributed by atoms with Crippen LogP contribution in [0.2, 0.25) is 0 Å². The van der Waals surface area contributed by atoms with Gasteiger partial charge in [-0.3, -0.25) is 4.79 Å². The van der Waals surface area contributed by atoms with Gasteiger partial charge in [0.05, 0.1) is 26.7 Å². The highest BCUT2D eigenvalue weighted by Gasteiger charge is 2.07. The molecule has 6 heteroatoms. The zero-order valence-corrected chi connectivity index (χ0v) is 14.0. The lowest BCUT2D eigenvalue weighted by Crippen LogP contribution is -2.24. The number of carbonyl (C=O) groups excluding carboxylic acids is 1. The molecule has 0 radical (unpaired) electrons. The number of nitrogens with zero attached hydrogens (tertiary/aromatic N) is 1. The van der Waals surface area contributed by atoms with Gasteiger partial charge < -0.3 is 19.5 Å². The predicted octanol–water partition coefficient (Wildman–Crippen LogP) is 2.57. The molecule has 0 aliphatic heterocycles. The van der Waals surface area contributed by atoms with Gasteiger partial charge in [0.25, 0.3) is 0 Å². The van der Waals surface area contributed by atoms with Crippen LogP contribution in [0.25, 0.3) is 0 Å². The molecule has 2 rings (SSSR count). The Morgan fingerprint density at radius 1 is 1.12 bits per heavy atom. The van der Waals surface area contributed by atoms with Crippen LogP contribution < -0.4 is 19.5 Å². The molecular formula is C18H22N2O4. The Labute approximate surface area is 141 Å². The van der Waals surface area contributed by atoms with Crippen LogP contribution in [0.15, 0.2) is 42.6 Å². The number of benzene rings is 1. The highest BCUT2D eigenvalue weighted by atomic mass is 16.5. The van der Waals surface area contributed by atoms with Crippen molar-refractivity contribution in [2.24, 2.45) is 0 Å². The first-order valence-corrected chi connectivity index (χ1v) is 7.83. The van der Waals surface area contributed by atoms with Gasteiger partial charge in [0.2, 0.25) is 11.8 Å². The van der Waals surface area contributed by atoms with Crippen LogP contribution >= 0.6 is 0 Å². The van der Waals surface area contributed by atoms with E-state index in [0.29, 0.717) is 31.4 Å². The van der Waals surface area contributed by atoms with Crippen molar-refractivity contribution in [3.63, 3.8) is 0 Å². The molecule has 1 amide bonds. The summed E-state index contributed by atoms with van der Waals surface area (Å²) in [5, 5.41) is 2.84. The summed E-state index contributed by atoms with van der Waals surface area (Å²) in [4.78, 5) is 16.1. The molecule has 24 heavy (non-hydrogen) atoms. The van der Waals surface area contributed by atoms with Gasteiger partial charge in [-0.2, -0.15) is 0 Å². The van der Waals surface area contributed by atoms with Crippen molar-refractivity contribution in [3.05, 3.63) is 48.2 Å². The van der Waals surface area contributed by atoms with Crippen LogP contribution in [0, 0.1) is 0 Å². The van der Waals surface area contributed by atoms with E-state index in [9.17, 15) is 4.79 Å². The molecule has 1 N–H and O–H groups in total. The number of hydrogen-bond donors (Lipinski definition) is 1. The molecule has 128 valence electrons. The minimum atomic E-state index is -0.0881. The number of carbonyl (C=O) groups is 1. The summed E-state index contributed by atoms with van der Waals surface area (Å²) < 4.78 is 16.0. The van der Waals surface area contributed by atoms with Crippen molar-refractivity contribution in [2.75, 3.05) is 20.3 Å². The monoisotopic (exact) mass is 330 g/mol. The van der Waals surface area contributed by atoms with Gasteiger partial charge in [-0.05, 0) is 37.3 Å². The molecule has 0 aliphatic rings. The molecule has 1 aromatic heterocycles. The zero-order chi connectivity index (χ0) is 17.2. The minimum absolute atomic E-state index is 0.0881. The molecule has 1 heterocycles. The molecule has 0 bridgehead atoms. The van der Waals surface area contributed by atoms with Gasteiger partial charge in [-0.25, -0.2) is 4.98 Å². The second-order valence-corrected chi connectivity index (χ2v) is 4.95. The molecule has 0 spiro atoms. The fraction of sp³-hybridized carbons (Fsp3) is 0.333. The van der Waals surface area contributed by atoms with Crippen LogP contribution in [0.3, 0.4) is 0 Å². The fourth-order valence-electron chi connectivity index (χ4n) is 2.04. The molecule has 0 saturated heterocycles. The fourth-order valence-corrected chi connectivity index (χ4v) is 2.04. The third kappa shape index (κ3) is 5.46. The number of rotatable bonds is 9. The van der Waals surface area contributed by atoms with Gasteiger partial charge in [-0.15, -0.1) is 0 Å². The van der Waals surface area contributed by atoms with E-state index in [1.807, 2.05) is 31.2 Å². The largest absolute Gasteiger partial charge is 0.497 e. The SMILES string of the molecule is CCOc1ncccc1CNC(=O)CCOc1ccc(OC)cc1. The molecule has 0 unspecified atom stereocenters. The summed E-state index contributed by atoms with van der Waals surface area (Å²) >= 11 is 0. The van der Waals surface area contributed by atoms with Gasteiger partial charge in [-0.1, -0.05) is 6.07 Å². The number of ether oxygens (including phenoxy) is 3. The van der Waals surface area contributed by atoms with Crippen LogP contribution in [-0.2, 0) is 11.3 Å². The molecule has 0 aliphatic carbocycles. The van der Waals surface area contributed by atoms with E-state index in [0.717, 1.165) is 11.3 Å². The lowest BCUT2D eigenvalue weighted by Gasteiger charge is -2.10. The first-order chi connectivity index (χ1) is 11.7. The Morgan fingerprint density at radius 3 is 2.58 bits per heavy atom. The summed E-state index contributed by atoms with van der Waals surface area (Å²) in [6, 6.07) is 10.9. The molecule has 6 nitrogen and oxygen atoms in total. The van der Waals surface area contributed by atoms with Crippen molar-refractivity contribution in [2.45, 2.75) is 19.9 Å². The van der Waals surface area contributed by atoms with Gasteiger partial charge >= 0.3 is 0 Å². The van der Waals surface area contributed by atoms with E-state index in [1.165, 1.54) is 0 Å². The van der Waals surface area contributed by atoms with Gasteiger partial charge in [0.15, 0.2) is 0 Å². The highest BCUT2D eigenvalue weighted by Crippen LogP contribution is 2.17. The van der Waals surface area contributed by atoms with Crippen molar-refractivity contribution < 1.29 is 19.0 Å². The number of nitrogens with one attached hydrogen (secondary N) is 1. The molecule has 0 fully saturated rings. The summed E-state index contributed by atoms with van der Waals surface area (Å²) in [5.41, 5.74) is 0.851. The molecule has 0 saturated carbocycles. The number of aromatic nitrogens is 1. The third-order valence-electron chi connectivity index (χ3n) is 3.26. The summed E-state index contributed by atoms with van der Waals surface area (Å²) in [7, 11) is 1.61. The molecule has 0 atom stereocenters. The smallest absolute Gasteiger partial charge is 0.223 e. The zero-order valence-electron chi connectivity index (χ0n) is 14.0. The molecule has 2 aromatic rings. The van der Waals surface area contributed by atoms with Crippen LogP contribution in [0.1, 0.15) is 18.9 Å². The average molecular weight is 330 g/mol. The first-order valence-electron chi connectivity index (χ1n) is 7.83. The second-order valence-electron chi connectivity index (χ2n) is 4.95. The maximum Gasteiger partial charge on any atom is 0.223 e. The van der Waals surface area contributed by atoms with E-state index in [4.69, 9.17) is 14.2 Å². The van der Waals surface area contributed by atoms with Crippen molar-refractivity contribution in [3.8, 4) is 17.4 Å². The van der Waals surface area contributed by atoms with E-state index in [-0.39, 0.29) is 12.3 Å². The third-order valence-corrected chi connectivity index (χ3v) is 3.26. The van der Waals surface area contributed by atoms with Crippen molar-refractivity contribution in [1.29, 1.82) is 0 Å². The van der Waals surface area contributed by atoms with Crippen LogP contribution in [0.4, 0.5) is 0 Å². The van der Waals surface area contributed by atoms with Crippen LogP contribution in [-0.4, -0.2) is 31.2 Å². The number of methoxy groups -OCH3 is 1. The lowest BCUT2D eigenvalue weighted by molar-refractivity contribution is -0.121. The molecular weight excluding hydrogens is 308 g/mol.